The summed E-state index contributed by atoms with van der Waals surface area (Å²) in [5, 5.41) is 1.17. The topological polar surface area (TPSA) is 55.8 Å². The van der Waals surface area contributed by atoms with Crippen molar-refractivity contribution < 1.29 is 19.1 Å². The molecule has 4 rings (SSSR count). The quantitative estimate of drug-likeness (QED) is 0.251. The summed E-state index contributed by atoms with van der Waals surface area (Å²) in [6.45, 7) is 0.419. The predicted molar refractivity (Wildman–Crippen MR) is 144 cm³/mol. The van der Waals surface area contributed by atoms with Crippen LogP contribution < -0.4 is 9.47 Å². The second kappa shape index (κ2) is 11.3. The Balaban J connectivity index is 1.52. The molecule has 0 saturated carbocycles. The third-order valence-corrected chi connectivity index (χ3v) is 7.53. The Labute approximate surface area is 230 Å². The Morgan fingerprint density at radius 3 is 2.37 bits per heavy atom. The van der Waals surface area contributed by atoms with Gasteiger partial charge < -0.3 is 9.47 Å². The fourth-order valence-electron chi connectivity index (χ4n) is 3.31. The van der Waals surface area contributed by atoms with E-state index in [-0.39, 0.29) is 24.3 Å². The summed E-state index contributed by atoms with van der Waals surface area (Å²) in [6, 6.07) is 15.8. The molecule has 0 spiro atoms. The van der Waals surface area contributed by atoms with Crippen molar-refractivity contribution in [3.8, 4) is 11.5 Å². The molecule has 0 radical (unpaired) electrons. The Morgan fingerprint density at radius 2 is 1.69 bits per heavy atom. The lowest BCUT2D eigenvalue weighted by Gasteiger charge is -2.14. The smallest absolute Gasteiger partial charge is 0.293 e. The molecule has 0 atom stereocenters. The van der Waals surface area contributed by atoms with Gasteiger partial charge in [0.2, 0.25) is 0 Å². The van der Waals surface area contributed by atoms with Crippen LogP contribution in [-0.4, -0.2) is 23.2 Å². The summed E-state index contributed by atoms with van der Waals surface area (Å²) < 4.78 is 12.1. The molecule has 1 saturated heterocycles. The zero-order chi connectivity index (χ0) is 25.1. The van der Waals surface area contributed by atoms with Crippen LogP contribution in [0.4, 0.5) is 4.79 Å². The molecule has 0 unspecified atom stereocenters. The van der Waals surface area contributed by atoms with Crippen molar-refractivity contribution in [2.24, 2.45) is 0 Å². The molecule has 5 nitrogen and oxygen atoms in total. The van der Waals surface area contributed by atoms with Gasteiger partial charge in [-0.2, -0.15) is 0 Å². The van der Waals surface area contributed by atoms with Crippen molar-refractivity contribution >= 4 is 79.7 Å². The summed E-state index contributed by atoms with van der Waals surface area (Å²) in [6.07, 6.45) is 1.66. The van der Waals surface area contributed by atoms with Gasteiger partial charge in [-0.1, -0.05) is 53.0 Å². The van der Waals surface area contributed by atoms with E-state index in [4.69, 9.17) is 44.3 Å². The molecule has 3 aromatic rings. The molecular formula is C25H17BrCl3NO4S. The van der Waals surface area contributed by atoms with E-state index >= 15 is 0 Å². The van der Waals surface area contributed by atoms with Crippen molar-refractivity contribution in [1.29, 1.82) is 0 Å². The molecule has 0 bridgehead atoms. The van der Waals surface area contributed by atoms with Gasteiger partial charge in [0.25, 0.3) is 11.1 Å². The minimum Gasteiger partial charge on any atom is -0.493 e. The van der Waals surface area contributed by atoms with Gasteiger partial charge in [-0.15, -0.1) is 0 Å². The number of ether oxygens (including phenoxy) is 2. The number of methoxy groups -OCH3 is 1. The number of hydrogen-bond donors (Lipinski definition) is 0. The normalized spacial score (nSPS) is 14.7. The fourth-order valence-corrected chi connectivity index (χ4v) is 5.17. The largest absolute Gasteiger partial charge is 0.493 e. The molecule has 2 amide bonds. The lowest BCUT2D eigenvalue weighted by atomic mass is 10.1. The lowest BCUT2D eigenvalue weighted by Crippen LogP contribution is -2.27. The molecule has 0 aliphatic carbocycles. The van der Waals surface area contributed by atoms with Crippen LogP contribution in [0.3, 0.4) is 0 Å². The number of carbonyl (C=O) groups excluding carboxylic acids is 2. The first-order chi connectivity index (χ1) is 16.7. The number of benzene rings is 3. The van der Waals surface area contributed by atoms with Gasteiger partial charge in [0, 0.05) is 5.02 Å². The van der Waals surface area contributed by atoms with Crippen LogP contribution in [-0.2, 0) is 17.9 Å². The number of imide groups is 1. The van der Waals surface area contributed by atoms with Crippen LogP contribution in [0.15, 0.2) is 64.0 Å². The van der Waals surface area contributed by atoms with Crippen LogP contribution in [0.2, 0.25) is 15.1 Å². The predicted octanol–water partition coefficient (Wildman–Crippen LogP) is 8.23. The Morgan fingerprint density at radius 1 is 0.971 bits per heavy atom. The summed E-state index contributed by atoms with van der Waals surface area (Å²) in [4.78, 5) is 26.9. The van der Waals surface area contributed by atoms with Crippen molar-refractivity contribution in [3.05, 3.63) is 95.7 Å². The standard InChI is InChI=1S/C25H17BrCl3NO4S/c1-33-21-10-16(8-18(26)23(21)34-13-15-4-7-19(28)20(29)9-15)11-22-24(31)30(25(32)35-22)12-14-2-5-17(27)6-3-14/h2-11H,12-13H2,1H3/b22-11-. The summed E-state index contributed by atoms with van der Waals surface area (Å²) in [5.74, 6) is 0.600. The van der Waals surface area contributed by atoms with E-state index in [0.717, 1.165) is 22.9 Å². The summed E-state index contributed by atoms with van der Waals surface area (Å²) >= 11 is 22.4. The number of hydrogen-bond acceptors (Lipinski definition) is 5. The van der Waals surface area contributed by atoms with Crippen molar-refractivity contribution in [1.82, 2.24) is 4.90 Å². The molecule has 1 aliphatic rings. The highest BCUT2D eigenvalue weighted by Gasteiger charge is 2.35. The first-order valence-corrected chi connectivity index (χ1v) is 12.9. The number of carbonyl (C=O) groups is 2. The highest BCUT2D eigenvalue weighted by Crippen LogP contribution is 2.40. The van der Waals surface area contributed by atoms with Crippen LogP contribution >= 0.6 is 62.5 Å². The minimum atomic E-state index is -0.356. The molecule has 0 aromatic heterocycles. The van der Waals surface area contributed by atoms with Gasteiger partial charge in [0.15, 0.2) is 11.5 Å². The number of halogens is 4. The molecule has 10 heteroatoms. The zero-order valence-corrected chi connectivity index (χ0v) is 22.9. The molecule has 3 aromatic carbocycles. The van der Waals surface area contributed by atoms with Crippen molar-refractivity contribution in [2.45, 2.75) is 13.2 Å². The molecule has 180 valence electrons. The third-order valence-electron chi connectivity index (χ3n) is 5.04. The van der Waals surface area contributed by atoms with Crippen LogP contribution in [0.25, 0.3) is 6.08 Å². The Bertz CT molecular complexity index is 1330. The average molecular weight is 614 g/mol. The zero-order valence-electron chi connectivity index (χ0n) is 18.2. The van der Waals surface area contributed by atoms with Gasteiger partial charge in [-0.05, 0) is 86.9 Å². The lowest BCUT2D eigenvalue weighted by molar-refractivity contribution is -0.123. The monoisotopic (exact) mass is 611 g/mol. The van der Waals surface area contributed by atoms with E-state index in [1.807, 2.05) is 6.07 Å². The van der Waals surface area contributed by atoms with E-state index in [0.29, 0.717) is 41.5 Å². The van der Waals surface area contributed by atoms with Gasteiger partial charge >= 0.3 is 0 Å². The second-order valence-electron chi connectivity index (χ2n) is 7.47. The van der Waals surface area contributed by atoms with Gasteiger partial charge in [0.1, 0.15) is 6.61 Å². The number of amides is 2. The van der Waals surface area contributed by atoms with E-state index in [1.165, 1.54) is 12.0 Å². The average Bonchev–Trinajstić information content (AvgIpc) is 3.08. The maximum Gasteiger partial charge on any atom is 0.293 e. The van der Waals surface area contributed by atoms with Crippen molar-refractivity contribution in [3.63, 3.8) is 0 Å². The second-order valence-corrected chi connectivity index (χ2v) is 10.6. The van der Waals surface area contributed by atoms with E-state index in [9.17, 15) is 9.59 Å². The fraction of sp³-hybridized carbons (Fsp3) is 0.120. The van der Waals surface area contributed by atoms with E-state index in [2.05, 4.69) is 15.9 Å². The third kappa shape index (κ3) is 6.16. The SMILES string of the molecule is COc1cc(/C=C2\SC(=O)N(Cc3ccc(Cl)cc3)C2=O)cc(Br)c1OCc1ccc(Cl)c(Cl)c1. The Kier molecular flexibility index (Phi) is 8.34. The van der Waals surface area contributed by atoms with Gasteiger partial charge in [0.05, 0.1) is 33.1 Å². The van der Waals surface area contributed by atoms with Crippen LogP contribution in [0, 0.1) is 0 Å². The number of rotatable bonds is 7. The molecule has 1 aliphatic heterocycles. The molecule has 35 heavy (non-hydrogen) atoms. The molecule has 0 N–H and O–H groups in total. The minimum absolute atomic E-state index is 0.174. The first kappa shape index (κ1) is 25.9. The van der Waals surface area contributed by atoms with Crippen molar-refractivity contribution in [2.75, 3.05) is 7.11 Å². The maximum atomic E-state index is 12.9. The van der Waals surface area contributed by atoms with Crippen LogP contribution in [0.1, 0.15) is 16.7 Å². The summed E-state index contributed by atoms with van der Waals surface area (Å²) in [5.41, 5.74) is 2.32. The number of thioether (sulfide) groups is 1. The van der Waals surface area contributed by atoms with E-state index < -0.39 is 0 Å². The maximum absolute atomic E-state index is 12.9. The highest BCUT2D eigenvalue weighted by molar-refractivity contribution is 9.10. The number of nitrogens with zero attached hydrogens (tertiary/aromatic N) is 1. The molecular weight excluding hydrogens is 597 g/mol. The van der Waals surface area contributed by atoms with Gasteiger partial charge in [-0.25, -0.2) is 0 Å². The molecule has 1 fully saturated rings. The summed E-state index contributed by atoms with van der Waals surface area (Å²) in [7, 11) is 1.53. The van der Waals surface area contributed by atoms with Gasteiger partial charge in [-0.3, -0.25) is 14.5 Å². The van der Waals surface area contributed by atoms with Crippen LogP contribution in [0.5, 0.6) is 11.5 Å². The Hall–Kier alpha value is -2.16. The first-order valence-electron chi connectivity index (χ1n) is 10.2. The highest BCUT2D eigenvalue weighted by atomic mass is 79.9. The van der Waals surface area contributed by atoms with E-state index in [1.54, 1.807) is 54.6 Å². The molecule has 1 heterocycles.